The maximum atomic E-state index is 13.7. The van der Waals surface area contributed by atoms with Gasteiger partial charge in [0.1, 0.15) is 5.82 Å². The Hall–Kier alpha value is -3.91. The summed E-state index contributed by atoms with van der Waals surface area (Å²) in [6.45, 7) is 0. The van der Waals surface area contributed by atoms with Crippen molar-refractivity contribution in [3.05, 3.63) is 89.4 Å². The molecule has 0 aliphatic heterocycles. The van der Waals surface area contributed by atoms with Gasteiger partial charge in [-0.05, 0) is 24.3 Å². The van der Waals surface area contributed by atoms with Crippen LogP contribution in [-0.4, -0.2) is 20.2 Å². The van der Waals surface area contributed by atoms with Crippen LogP contribution < -0.4 is 5.32 Å². The third kappa shape index (κ3) is 4.12. The Balaban J connectivity index is 1.69. The van der Waals surface area contributed by atoms with E-state index >= 15 is 0 Å². The number of hydrogen-bond acceptors (Lipinski definition) is 4. The van der Waals surface area contributed by atoms with Crippen molar-refractivity contribution in [2.24, 2.45) is 0 Å². The Bertz CT molecular complexity index is 1460. The smallest absolute Gasteiger partial charge is 0.323 e. The zero-order valence-corrected chi connectivity index (χ0v) is 17.6. The fraction of sp³-hybridized carbons (Fsp3) is 0.0417. The van der Waals surface area contributed by atoms with Gasteiger partial charge in [0.15, 0.2) is 11.6 Å². The van der Waals surface area contributed by atoms with Gasteiger partial charge >= 0.3 is 6.18 Å². The first-order chi connectivity index (χ1) is 15.9. The number of aromatic nitrogens is 4. The molecule has 0 spiro atoms. The van der Waals surface area contributed by atoms with Crippen LogP contribution >= 0.6 is 11.6 Å². The molecule has 5 nitrogen and oxygen atoms in total. The standard InChI is InChI=1S/C24H15ClF3N5/c25-18-11-5-2-8-15(18)20-13-21(31-23-16-9-3-6-12-19(16)32-33-23)30-22(29-20)14-7-1-4-10-17(14)24(26,27)28/h1-13H,(H2,29,30,31,32,33). The van der Waals surface area contributed by atoms with Crippen LogP contribution in [0.15, 0.2) is 78.9 Å². The van der Waals surface area contributed by atoms with E-state index in [0.29, 0.717) is 22.1 Å². The number of hydrogen-bond donors (Lipinski definition) is 2. The van der Waals surface area contributed by atoms with E-state index in [1.807, 2.05) is 24.3 Å². The van der Waals surface area contributed by atoms with E-state index in [1.54, 1.807) is 30.3 Å². The lowest BCUT2D eigenvalue weighted by Crippen LogP contribution is -2.09. The molecule has 0 bridgehead atoms. The van der Waals surface area contributed by atoms with Gasteiger partial charge in [-0.3, -0.25) is 5.10 Å². The molecular weight excluding hydrogens is 451 g/mol. The van der Waals surface area contributed by atoms with Crippen LogP contribution in [0.25, 0.3) is 33.5 Å². The van der Waals surface area contributed by atoms with E-state index in [9.17, 15) is 13.2 Å². The number of anilines is 2. The van der Waals surface area contributed by atoms with Crippen molar-refractivity contribution in [1.82, 2.24) is 20.2 Å². The molecule has 0 radical (unpaired) electrons. The molecule has 3 aromatic carbocycles. The normalized spacial score (nSPS) is 11.6. The highest BCUT2D eigenvalue weighted by molar-refractivity contribution is 6.33. The summed E-state index contributed by atoms with van der Waals surface area (Å²) < 4.78 is 41.1. The molecule has 5 aromatic rings. The van der Waals surface area contributed by atoms with Gasteiger partial charge in [0.25, 0.3) is 0 Å². The van der Waals surface area contributed by atoms with Crippen LogP contribution in [0.2, 0.25) is 5.02 Å². The second-order valence-electron chi connectivity index (χ2n) is 7.23. The summed E-state index contributed by atoms with van der Waals surface area (Å²) in [7, 11) is 0. The molecule has 33 heavy (non-hydrogen) atoms. The minimum absolute atomic E-state index is 0.0808. The maximum absolute atomic E-state index is 13.7. The molecule has 0 fully saturated rings. The predicted molar refractivity (Wildman–Crippen MR) is 122 cm³/mol. The number of rotatable bonds is 4. The highest BCUT2D eigenvalue weighted by Crippen LogP contribution is 2.37. The third-order valence-corrected chi connectivity index (χ3v) is 5.40. The number of aromatic amines is 1. The Morgan fingerprint density at radius 3 is 2.30 bits per heavy atom. The van der Waals surface area contributed by atoms with E-state index in [2.05, 4.69) is 25.5 Å². The quantitative estimate of drug-likeness (QED) is 0.297. The summed E-state index contributed by atoms with van der Waals surface area (Å²) in [6.07, 6.45) is -4.56. The SMILES string of the molecule is FC(F)(F)c1ccccc1-c1nc(Nc2n[nH]c3ccccc23)cc(-c2ccccc2Cl)n1. The van der Waals surface area contributed by atoms with Crippen LogP contribution in [0.5, 0.6) is 0 Å². The van der Waals surface area contributed by atoms with Crippen molar-refractivity contribution in [3.63, 3.8) is 0 Å². The summed E-state index contributed by atoms with van der Waals surface area (Å²) in [4.78, 5) is 8.83. The zero-order chi connectivity index (χ0) is 23.0. The molecule has 5 rings (SSSR count). The number of benzene rings is 3. The average molecular weight is 466 g/mol. The average Bonchev–Trinajstić information content (AvgIpc) is 3.21. The molecular formula is C24H15ClF3N5. The van der Waals surface area contributed by atoms with Crippen molar-refractivity contribution in [3.8, 4) is 22.6 Å². The molecule has 0 amide bonds. The van der Waals surface area contributed by atoms with Gasteiger partial charge in [0, 0.05) is 27.6 Å². The van der Waals surface area contributed by atoms with Gasteiger partial charge in [-0.15, -0.1) is 0 Å². The van der Waals surface area contributed by atoms with Gasteiger partial charge in [0.05, 0.1) is 16.8 Å². The fourth-order valence-electron chi connectivity index (χ4n) is 3.54. The van der Waals surface area contributed by atoms with Crippen molar-refractivity contribution >= 4 is 34.1 Å². The van der Waals surface area contributed by atoms with E-state index in [-0.39, 0.29) is 17.2 Å². The summed E-state index contributed by atoms with van der Waals surface area (Å²) in [5, 5.41) is 11.5. The number of fused-ring (bicyclic) bond motifs is 1. The number of nitrogens with zero attached hydrogens (tertiary/aromatic N) is 3. The lowest BCUT2D eigenvalue weighted by atomic mass is 10.1. The first kappa shape index (κ1) is 21.0. The molecule has 164 valence electrons. The molecule has 0 unspecified atom stereocenters. The highest BCUT2D eigenvalue weighted by atomic mass is 35.5. The van der Waals surface area contributed by atoms with Crippen molar-refractivity contribution in [2.75, 3.05) is 5.32 Å². The van der Waals surface area contributed by atoms with Crippen molar-refractivity contribution in [1.29, 1.82) is 0 Å². The number of alkyl halides is 3. The third-order valence-electron chi connectivity index (χ3n) is 5.07. The molecule has 2 N–H and O–H groups in total. The Morgan fingerprint density at radius 2 is 1.52 bits per heavy atom. The maximum Gasteiger partial charge on any atom is 0.417 e. The molecule has 0 aliphatic carbocycles. The number of H-pyrrole nitrogens is 1. The summed E-state index contributed by atoms with van der Waals surface area (Å²) in [6, 6.07) is 21.3. The monoisotopic (exact) mass is 465 g/mol. The highest BCUT2D eigenvalue weighted by Gasteiger charge is 2.34. The lowest BCUT2D eigenvalue weighted by Gasteiger charge is -2.14. The van der Waals surface area contributed by atoms with Crippen LogP contribution in [0, 0.1) is 0 Å². The van der Waals surface area contributed by atoms with Crippen LogP contribution in [0.4, 0.5) is 24.8 Å². The molecule has 2 heterocycles. The van der Waals surface area contributed by atoms with Gasteiger partial charge in [0.2, 0.25) is 0 Å². The molecule has 2 aromatic heterocycles. The van der Waals surface area contributed by atoms with Gasteiger partial charge < -0.3 is 5.32 Å². The van der Waals surface area contributed by atoms with E-state index in [4.69, 9.17) is 11.6 Å². The predicted octanol–water partition coefficient (Wildman–Crippen LogP) is 7.10. The number of nitrogens with one attached hydrogen (secondary N) is 2. The van der Waals surface area contributed by atoms with Gasteiger partial charge in [-0.2, -0.15) is 18.3 Å². The first-order valence-electron chi connectivity index (χ1n) is 9.91. The molecule has 9 heteroatoms. The number of halogens is 4. The first-order valence-corrected chi connectivity index (χ1v) is 10.3. The fourth-order valence-corrected chi connectivity index (χ4v) is 3.78. The molecule has 0 saturated heterocycles. The lowest BCUT2D eigenvalue weighted by molar-refractivity contribution is -0.137. The summed E-state index contributed by atoms with van der Waals surface area (Å²) in [5.74, 6) is 0.691. The minimum Gasteiger partial charge on any atom is -0.323 e. The number of para-hydroxylation sites is 1. The second kappa shape index (κ2) is 8.22. The van der Waals surface area contributed by atoms with Crippen LogP contribution in [-0.2, 0) is 6.18 Å². The molecule has 0 aliphatic rings. The molecule has 0 saturated carbocycles. The minimum atomic E-state index is -4.56. The van der Waals surface area contributed by atoms with Gasteiger partial charge in [-0.1, -0.05) is 60.1 Å². The van der Waals surface area contributed by atoms with Crippen molar-refractivity contribution < 1.29 is 13.2 Å². The zero-order valence-electron chi connectivity index (χ0n) is 16.9. The Kier molecular flexibility index (Phi) is 5.22. The molecule has 0 atom stereocenters. The Morgan fingerprint density at radius 1 is 0.818 bits per heavy atom. The second-order valence-corrected chi connectivity index (χ2v) is 7.64. The topological polar surface area (TPSA) is 66.5 Å². The largest absolute Gasteiger partial charge is 0.417 e. The van der Waals surface area contributed by atoms with Crippen molar-refractivity contribution in [2.45, 2.75) is 6.18 Å². The van der Waals surface area contributed by atoms with Crippen LogP contribution in [0.1, 0.15) is 5.56 Å². The van der Waals surface area contributed by atoms with E-state index in [1.165, 1.54) is 18.2 Å². The summed E-state index contributed by atoms with van der Waals surface area (Å²) >= 11 is 6.36. The van der Waals surface area contributed by atoms with E-state index < -0.39 is 11.7 Å². The van der Waals surface area contributed by atoms with Crippen LogP contribution in [0.3, 0.4) is 0 Å². The summed E-state index contributed by atoms with van der Waals surface area (Å²) in [5.41, 5.74) is 0.807. The van der Waals surface area contributed by atoms with E-state index in [0.717, 1.165) is 17.0 Å². The van der Waals surface area contributed by atoms with Gasteiger partial charge in [-0.25, -0.2) is 9.97 Å². The Labute approximate surface area is 191 Å².